The lowest BCUT2D eigenvalue weighted by Crippen LogP contribution is -2.51. The molecule has 0 unspecified atom stereocenters. The first-order valence-electron chi connectivity index (χ1n) is 10.5. The Bertz CT molecular complexity index is 1150. The smallest absolute Gasteiger partial charge is 0.321 e. The summed E-state index contributed by atoms with van der Waals surface area (Å²) in [6.07, 6.45) is 0. The van der Waals surface area contributed by atoms with Gasteiger partial charge in [0.05, 0.1) is 5.56 Å². The average Bonchev–Trinajstić information content (AvgIpc) is 2.96. The van der Waals surface area contributed by atoms with E-state index >= 15 is 0 Å². The lowest BCUT2D eigenvalue weighted by atomic mass is 10.1. The molecule has 0 atom stereocenters. The third-order valence-corrected chi connectivity index (χ3v) is 5.58. The van der Waals surface area contributed by atoms with Crippen LogP contribution < -0.4 is 10.1 Å². The number of nitrogens with one attached hydrogen (secondary N) is 1. The van der Waals surface area contributed by atoms with Crippen molar-refractivity contribution in [1.82, 2.24) is 9.80 Å². The summed E-state index contributed by atoms with van der Waals surface area (Å²) in [5.41, 5.74) is 3.73. The van der Waals surface area contributed by atoms with E-state index in [2.05, 4.69) is 10.2 Å². The Kier molecular flexibility index (Phi) is 5.04. The van der Waals surface area contributed by atoms with E-state index in [0.29, 0.717) is 26.2 Å². The molecule has 1 fully saturated rings. The number of aryl methyl sites for hydroxylation is 1. The maximum absolute atomic E-state index is 12.7. The second kappa shape index (κ2) is 8.14. The number of para-hydroxylation sites is 3. The number of carbonyl (C=O) groups excluding carboxylic acids is 1. The Hall–Kier alpha value is -3.80. The van der Waals surface area contributed by atoms with Gasteiger partial charge >= 0.3 is 6.03 Å². The Morgan fingerprint density at radius 1 is 0.903 bits per heavy atom. The number of ether oxygens (including phenoxy) is 1. The minimum Gasteiger partial charge on any atom is -0.454 e. The van der Waals surface area contributed by atoms with Crippen LogP contribution in [0.15, 0.2) is 77.8 Å². The van der Waals surface area contributed by atoms with Crippen LogP contribution in [0.3, 0.4) is 0 Å². The zero-order valence-corrected chi connectivity index (χ0v) is 17.4. The van der Waals surface area contributed by atoms with E-state index in [1.165, 1.54) is 0 Å². The van der Waals surface area contributed by atoms with Gasteiger partial charge in [-0.3, -0.25) is 0 Å². The zero-order valence-electron chi connectivity index (χ0n) is 17.4. The van der Waals surface area contributed by atoms with E-state index < -0.39 is 0 Å². The molecule has 0 spiro atoms. The average molecular weight is 412 g/mol. The van der Waals surface area contributed by atoms with Gasteiger partial charge in [0.25, 0.3) is 0 Å². The fourth-order valence-electron chi connectivity index (χ4n) is 3.96. The van der Waals surface area contributed by atoms with Crippen LogP contribution in [0, 0.1) is 6.92 Å². The number of anilines is 1. The van der Waals surface area contributed by atoms with Crippen molar-refractivity contribution in [2.24, 2.45) is 4.99 Å². The van der Waals surface area contributed by atoms with E-state index in [0.717, 1.165) is 39.8 Å². The topological polar surface area (TPSA) is 57.2 Å². The molecule has 2 heterocycles. The van der Waals surface area contributed by atoms with Crippen LogP contribution in [-0.2, 0) is 0 Å². The van der Waals surface area contributed by atoms with Crippen LogP contribution in [0.5, 0.6) is 11.5 Å². The van der Waals surface area contributed by atoms with Crippen LogP contribution in [0.4, 0.5) is 16.2 Å². The number of fused-ring (bicyclic) bond motifs is 2. The van der Waals surface area contributed by atoms with Gasteiger partial charge in [0, 0.05) is 31.9 Å². The summed E-state index contributed by atoms with van der Waals surface area (Å²) < 4.78 is 6.14. The highest BCUT2D eigenvalue weighted by Crippen LogP contribution is 2.37. The van der Waals surface area contributed by atoms with Crippen LogP contribution >= 0.6 is 0 Å². The highest BCUT2D eigenvalue weighted by molar-refractivity contribution is 6.04. The first kappa shape index (κ1) is 19.2. The van der Waals surface area contributed by atoms with Crippen LogP contribution in [0.1, 0.15) is 11.1 Å². The van der Waals surface area contributed by atoms with Crippen LogP contribution in [0.25, 0.3) is 0 Å². The molecule has 2 amide bonds. The van der Waals surface area contributed by atoms with Crippen molar-refractivity contribution in [3.05, 3.63) is 83.9 Å². The first-order valence-corrected chi connectivity index (χ1v) is 10.5. The number of urea groups is 1. The summed E-state index contributed by atoms with van der Waals surface area (Å²) in [5, 5.41) is 3.00. The summed E-state index contributed by atoms with van der Waals surface area (Å²) in [6.45, 7) is 4.68. The molecule has 2 aliphatic rings. The van der Waals surface area contributed by atoms with Gasteiger partial charge in [0.1, 0.15) is 17.3 Å². The van der Waals surface area contributed by atoms with Crippen molar-refractivity contribution in [3.8, 4) is 11.5 Å². The second-order valence-corrected chi connectivity index (χ2v) is 7.78. The molecule has 5 rings (SSSR count). The highest BCUT2D eigenvalue weighted by atomic mass is 16.5. The molecule has 31 heavy (non-hydrogen) atoms. The number of piperazine rings is 1. The molecule has 6 nitrogen and oxygen atoms in total. The number of hydrogen-bond acceptors (Lipinski definition) is 4. The molecule has 0 bridgehead atoms. The van der Waals surface area contributed by atoms with Crippen molar-refractivity contribution >= 4 is 23.2 Å². The number of rotatable bonds is 1. The number of nitrogens with zero attached hydrogens (tertiary/aromatic N) is 3. The fourth-order valence-corrected chi connectivity index (χ4v) is 3.96. The molecule has 3 aromatic rings. The summed E-state index contributed by atoms with van der Waals surface area (Å²) in [5.74, 6) is 2.44. The predicted molar refractivity (Wildman–Crippen MR) is 122 cm³/mol. The minimum absolute atomic E-state index is 0.0675. The molecular formula is C25H24N4O2. The van der Waals surface area contributed by atoms with Gasteiger partial charge in [-0.05, 0) is 48.9 Å². The van der Waals surface area contributed by atoms with E-state index in [1.54, 1.807) is 0 Å². The number of aliphatic imine (C=N–C) groups is 1. The van der Waals surface area contributed by atoms with E-state index in [4.69, 9.17) is 9.73 Å². The highest BCUT2D eigenvalue weighted by Gasteiger charge is 2.27. The number of carbonyl (C=O) groups is 1. The molecule has 6 heteroatoms. The van der Waals surface area contributed by atoms with Crippen LogP contribution in [-0.4, -0.2) is 47.8 Å². The minimum atomic E-state index is -0.0675. The van der Waals surface area contributed by atoms with Gasteiger partial charge in [0.2, 0.25) is 0 Å². The molecule has 1 N–H and O–H groups in total. The van der Waals surface area contributed by atoms with Gasteiger partial charge in [-0.15, -0.1) is 0 Å². The van der Waals surface area contributed by atoms with Gasteiger partial charge in [0.15, 0.2) is 5.75 Å². The molecule has 0 radical (unpaired) electrons. The lowest BCUT2D eigenvalue weighted by molar-refractivity contribution is 0.181. The van der Waals surface area contributed by atoms with Crippen molar-refractivity contribution in [3.63, 3.8) is 0 Å². The molecule has 0 saturated carbocycles. The molecule has 156 valence electrons. The monoisotopic (exact) mass is 412 g/mol. The second-order valence-electron chi connectivity index (χ2n) is 7.78. The normalized spacial score (nSPS) is 15.2. The van der Waals surface area contributed by atoms with Gasteiger partial charge in [-0.2, -0.15) is 0 Å². The van der Waals surface area contributed by atoms with E-state index in [9.17, 15) is 4.79 Å². The van der Waals surface area contributed by atoms with Gasteiger partial charge in [-0.1, -0.05) is 36.4 Å². The number of amidine groups is 1. The zero-order chi connectivity index (χ0) is 21.2. The Balaban J connectivity index is 1.34. The SMILES string of the molecule is Cc1cccc(NC(=O)N2CCN(C3=Nc4ccccc4Oc4ccccc43)CC2)c1. The summed E-state index contributed by atoms with van der Waals surface area (Å²) in [4.78, 5) is 21.8. The Morgan fingerprint density at radius 2 is 1.65 bits per heavy atom. The number of hydrogen-bond donors (Lipinski definition) is 1. The maximum Gasteiger partial charge on any atom is 0.321 e. The molecule has 0 aliphatic carbocycles. The van der Waals surface area contributed by atoms with E-state index in [-0.39, 0.29) is 6.03 Å². The largest absolute Gasteiger partial charge is 0.454 e. The number of benzene rings is 3. The molecular weight excluding hydrogens is 388 g/mol. The van der Waals surface area contributed by atoms with Crippen molar-refractivity contribution in [1.29, 1.82) is 0 Å². The van der Waals surface area contributed by atoms with Crippen molar-refractivity contribution in [2.45, 2.75) is 6.92 Å². The van der Waals surface area contributed by atoms with Crippen LogP contribution in [0.2, 0.25) is 0 Å². The fraction of sp³-hybridized carbons (Fsp3) is 0.200. The molecule has 1 saturated heterocycles. The van der Waals surface area contributed by atoms with Crippen molar-refractivity contribution < 1.29 is 9.53 Å². The third-order valence-electron chi connectivity index (χ3n) is 5.58. The summed E-state index contributed by atoms with van der Waals surface area (Å²) in [7, 11) is 0. The van der Waals surface area contributed by atoms with Gasteiger partial charge in [-0.25, -0.2) is 9.79 Å². The predicted octanol–water partition coefficient (Wildman–Crippen LogP) is 5.03. The molecule has 0 aromatic heterocycles. The molecule has 2 aliphatic heterocycles. The Morgan fingerprint density at radius 3 is 2.45 bits per heavy atom. The first-order chi connectivity index (χ1) is 15.2. The molecule has 3 aromatic carbocycles. The van der Waals surface area contributed by atoms with E-state index in [1.807, 2.05) is 84.6 Å². The maximum atomic E-state index is 12.7. The quantitative estimate of drug-likeness (QED) is 0.610. The Labute approximate surface area is 181 Å². The summed E-state index contributed by atoms with van der Waals surface area (Å²) in [6, 6.07) is 23.6. The third kappa shape index (κ3) is 3.97. The van der Waals surface area contributed by atoms with Crippen molar-refractivity contribution in [2.75, 3.05) is 31.5 Å². The lowest BCUT2D eigenvalue weighted by Gasteiger charge is -2.36. The summed E-state index contributed by atoms with van der Waals surface area (Å²) >= 11 is 0. The number of amides is 2. The standard InChI is InChI=1S/C25H24N4O2/c1-18-7-6-8-19(17-18)26-25(30)29-15-13-28(14-16-29)24-20-9-2-4-11-22(20)31-23-12-5-3-10-21(23)27-24/h2-12,17H,13-16H2,1H3,(H,26,30). The van der Waals surface area contributed by atoms with Gasteiger partial charge < -0.3 is 19.9 Å².